The zero-order chi connectivity index (χ0) is 21.2. The van der Waals surface area contributed by atoms with Crippen molar-refractivity contribution in [2.24, 2.45) is 16.1 Å². The molecule has 1 N–H and O–H groups in total. The summed E-state index contributed by atoms with van der Waals surface area (Å²) in [5.74, 6) is 0.907. The van der Waals surface area contributed by atoms with E-state index >= 15 is 0 Å². The number of benzene rings is 1. The number of piperidine rings is 1. The maximum absolute atomic E-state index is 6.50. The van der Waals surface area contributed by atoms with Gasteiger partial charge in [0.15, 0.2) is 4.87 Å². The van der Waals surface area contributed by atoms with Crippen molar-refractivity contribution < 1.29 is 4.74 Å². The van der Waals surface area contributed by atoms with E-state index in [1.54, 1.807) is 11.8 Å². The Balaban J connectivity index is 1.51. The Hall–Kier alpha value is -1.74. The second-order valence-electron chi connectivity index (χ2n) is 8.80. The van der Waals surface area contributed by atoms with Crippen LogP contribution in [0.25, 0.3) is 10.9 Å². The van der Waals surface area contributed by atoms with Gasteiger partial charge in [0.05, 0.1) is 0 Å². The summed E-state index contributed by atoms with van der Waals surface area (Å²) in [4.78, 5) is 9.95. The van der Waals surface area contributed by atoms with Crippen molar-refractivity contribution in [3.63, 3.8) is 0 Å². The topological polar surface area (TPSA) is 65.9 Å². The van der Waals surface area contributed by atoms with Crippen molar-refractivity contribution >= 4 is 38.6 Å². The largest absolute Gasteiger partial charge is 0.372 e. The zero-order valence-electron chi connectivity index (χ0n) is 17.5. The molecule has 0 saturated carbocycles. The third kappa shape index (κ3) is 2.74. The standard InChI is InChI=1S/C23H24BrN5OS/c1-29-12-16(23(28-27-13-31-23)15-7-17(24)11-25-10-15)8-22(30-2)18-4-3-5-19-21(18)14(9-26-19)6-20(22)29/h3-5,7,9-11,16,20,26H,6,8,12-13H2,1-2H3/t16-,20-,22+,23?/m1/s1. The van der Waals surface area contributed by atoms with E-state index in [9.17, 15) is 0 Å². The summed E-state index contributed by atoms with van der Waals surface area (Å²) in [5, 5.41) is 10.6. The number of hydrogen-bond donors (Lipinski definition) is 1. The monoisotopic (exact) mass is 497 g/mol. The normalized spacial score (nSPS) is 32.5. The lowest BCUT2D eigenvalue weighted by molar-refractivity contribution is -0.130. The summed E-state index contributed by atoms with van der Waals surface area (Å²) in [7, 11) is 4.10. The highest BCUT2D eigenvalue weighted by Gasteiger charge is 2.57. The molecule has 0 bridgehead atoms. The summed E-state index contributed by atoms with van der Waals surface area (Å²) in [6, 6.07) is 8.97. The molecule has 0 spiro atoms. The van der Waals surface area contributed by atoms with Crippen LogP contribution in [0.15, 0.2) is 57.6 Å². The third-order valence-corrected chi connectivity index (χ3v) is 9.15. The van der Waals surface area contributed by atoms with Gasteiger partial charge < -0.3 is 9.72 Å². The molecule has 6 rings (SSSR count). The smallest absolute Gasteiger partial charge is 0.159 e. The second-order valence-corrected chi connectivity index (χ2v) is 10.9. The lowest BCUT2D eigenvalue weighted by Gasteiger charge is -2.55. The van der Waals surface area contributed by atoms with Gasteiger partial charge >= 0.3 is 0 Å². The lowest BCUT2D eigenvalue weighted by atomic mass is 9.67. The van der Waals surface area contributed by atoms with Gasteiger partial charge in [0.2, 0.25) is 0 Å². The predicted octanol–water partition coefficient (Wildman–Crippen LogP) is 5.05. The number of halogens is 1. The number of likely N-dealkylation sites (N-methyl/N-ethyl adjacent to an activating group) is 1. The number of nitrogens with zero attached hydrogens (tertiary/aromatic N) is 4. The van der Waals surface area contributed by atoms with Crippen molar-refractivity contribution in [2.75, 3.05) is 26.6 Å². The van der Waals surface area contributed by atoms with E-state index in [2.05, 4.69) is 73.4 Å². The summed E-state index contributed by atoms with van der Waals surface area (Å²) in [6.45, 7) is 0.935. The molecule has 4 atom stereocenters. The Morgan fingerprint density at radius 3 is 3.00 bits per heavy atom. The van der Waals surface area contributed by atoms with Gasteiger partial charge in [0, 0.05) is 65.1 Å². The molecule has 160 valence electrons. The number of pyridine rings is 1. The number of azo groups is 1. The number of aromatic amines is 1. The molecule has 3 aromatic rings. The van der Waals surface area contributed by atoms with Crippen LogP contribution >= 0.6 is 27.7 Å². The average molecular weight is 498 g/mol. The number of fused-ring (bicyclic) bond motifs is 2. The molecule has 6 nitrogen and oxygen atoms in total. The van der Waals surface area contributed by atoms with Crippen molar-refractivity contribution in [3.8, 4) is 0 Å². The highest BCUT2D eigenvalue weighted by atomic mass is 79.9. The fourth-order valence-corrected chi connectivity index (χ4v) is 7.52. The Morgan fingerprint density at radius 2 is 2.23 bits per heavy atom. The van der Waals surface area contributed by atoms with Gasteiger partial charge in [-0.2, -0.15) is 10.2 Å². The van der Waals surface area contributed by atoms with Crippen LogP contribution < -0.4 is 0 Å². The van der Waals surface area contributed by atoms with Crippen LogP contribution in [0.2, 0.25) is 0 Å². The van der Waals surface area contributed by atoms with E-state index in [1.807, 2.05) is 19.5 Å². The van der Waals surface area contributed by atoms with Crippen molar-refractivity contribution in [1.82, 2.24) is 14.9 Å². The molecule has 0 amide bonds. The van der Waals surface area contributed by atoms with Crippen molar-refractivity contribution in [1.29, 1.82) is 0 Å². The average Bonchev–Trinajstić information content (AvgIpc) is 3.44. The van der Waals surface area contributed by atoms with E-state index in [4.69, 9.17) is 9.85 Å². The SMILES string of the molecule is CO[C@]12C[C@@H](C3(c4cncc(Br)c4)N=NCS3)CN(C)[C@@H]1Cc1c[nH]c3cccc2c13. The fraction of sp³-hybridized carbons (Fsp3) is 0.435. The number of rotatable bonds is 3. The number of aromatic nitrogens is 2. The summed E-state index contributed by atoms with van der Waals surface area (Å²) in [5.41, 5.74) is 4.58. The molecule has 0 radical (unpaired) electrons. The first-order chi connectivity index (χ1) is 15.1. The number of hydrogen-bond acceptors (Lipinski definition) is 6. The Morgan fingerprint density at radius 1 is 1.32 bits per heavy atom. The van der Waals surface area contributed by atoms with E-state index in [0.717, 1.165) is 29.4 Å². The Kier molecular flexibility index (Phi) is 4.58. The molecule has 31 heavy (non-hydrogen) atoms. The molecule has 1 aromatic carbocycles. The van der Waals surface area contributed by atoms with Crippen molar-refractivity contribution in [3.05, 3.63) is 64.0 Å². The maximum atomic E-state index is 6.50. The van der Waals surface area contributed by atoms with Gasteiger partial charge in [-0.15, -0.1) is 0 Å². The van der Waals surface area contributed by atoms with Gasteiger partial charge in [-0.05, 0) is 59.1 Å². The number of H-pyrrole nitrogens is 1. The third-order valence-electron chi connectivity index (χ3n) is 7.38. The van der Waals surface area contributed by atoms with Crippen LogP contribution in [0.5, 0.6) is 0 Å². The Labute approximate surface area is 194 Å². The van der Waals surface area contributed by atoms with Gasteiger partial charge in [0.1, 0.15) is 11.5 Å². The molecule has 8 heteroatoms. The molecule has 2 aliphatic heterocycles. The van der Waals surface area contributed by atoms with Crippen LogP contribution in [0.1, 0.15) is 23.1 Å². The highest BCUT2D eigenvalue weighted by Crippen LogP contribution is 2.57. The minimum Gasteiger partial charge on any atom is -0.372 e. The van der Waals surface area contributed by atoms with E-state index in [1.165, 1.54) is 22.0 Å². The van der Waals surface area contributed by atoms with Crippen LogP contribution in [0.4, 0.5) is 0 Å². The van der Waals surface area contributed by atoms with Crippen LogP contribution in [-0.2, 0) is 21.6 Å². The number of methoxy groups -OCH3 is 1. The maximum Gasteiger partial charge on any atom is 0.159 e. The summed E-state index contributed by atoms with van der Waals surface area (Å²) in [6.07, 6.45) is 7.81. The lowest BCUT2D eigenvalue weighted by Crippen LogP contribution is -2.61. The number of ether oxygens (including phenoxy) is 1. The predicted molar refractivity (Wildman–Crippen MR) is 126 cm³/mol. The number of nitrogens with one attached hydrogen (secondary N) is 1. The first-order valence-electron chi connectivity index (χ1n) is 10.6. The molecule has 1 fully saturated rings. The first-order valence-corrected chi connectivity index (χ1v) is 12.3. The minimum absolute atomic E-state index is 0.233. The molecular weight excluding hydrogens is 474 g/mol. The van der Waals surface area contributed by atoms with Gasteiger partial charge in [0.25, 0.3) is 0 Å². The quantitative estimate of drug-likeness (QED) is 0.549. The van der Waals surface area contributed by atoms with E-state index in [0.29, 0.717) is 5.88 Å². The fourth-order valence-electron chi connectivity index (χ4n) is 6.05. The molecule has 3 aliphatic rings. The molecule has 1 aliphatic carbocycles. The first kappa shape index (κ1) is 19.9. The number of likely N-dealkylation sites (tertiary alicyclic amines) is 1. The second kappa shape index (κ2) is 7.13. The molecule has 1 unspecified atom stereocenters. The molecule has 2 aromatic heterocycles. The van der Waals surface area contributed by atoms with Gasteiger partial charge in [-0.3, -0.25) is 9.88 Å². The van der Waals surface area contributed by atoms with Crippen LogP contribution in [0, 0.1) is 5.92 Å². The van der Waals surface area contributed by atoms with E-state index < -0.39 is 10.5 Å². The zero-order valence-corrected chi connectivity index (χ0v) is 19.9. The molecule has 4 heterocycles. The van der Waals surface area contributed by atoms with E-state index in [-0.39, 0.29) is 12.0 Å². The van der Waals surface area contributed by atoms with Crippen LogP contribution in [-0.4, -0.2) is 47.5 Å². The van der Waals surface area contributed by atoms with Crippen LogP contribution in [0.3, 0.4) is 0 Å². The van der Waals surface area contributed by atoms with Gasteiger partial charge in [-0.25, -0.2) is 0 Å². The highest BCUT2D eigenvalue weighted by molar-refractivity contribution is 9.10. The molecular formula is C23H24BrN5OS. The van der Waals surface area contributed by atoms with Crippen molar-refractivity contribution in [2.45, 2.75) is 29.4 Å². The minimum atomic E-state index is -0.451. The van der Waals surface area contributed by atoms with Gasteiger partial charge in [-0.1, -0.05) is 23.9 Å². The summed E-state index contributed by atoms with van der Waals surface area (Å²) >= 11 is 5.41. The number of thioether (sulfide) groups is 1. The summed E-state index contributed by atoms with van der Waals surface area (Å²) < 4.78 is 7.47. The molecule has 1 saturated heterocycles. The Bertz CT molecular complexity index is 1200.